The van der Waals surface area contributed by atoms with Crippen LogP contribution in [0, 0.1) is 5.82 Å². The molecule has 1 aliphatic heterocycles. The van der Waals surface area contributed by atoms with Gasteiger partial charge in [0.2, 0.25) is 5.91 Å². The van der Waals surface area contributed by atoms with Crippen LogP contribution in [0.25, 0.3) is 10.8 Å². The van der Waals surface area contributed by atoms with Crippen molar-refractivity contribution in [2.45, 2.75) is 18.6 Å². The Balaban J connectivity index is 2.05. The van der Waals surface area contributed by atoms with Gasteiger partial charge < -0.3 is 0 Å². The summed E-state index contributed by atoms with van der Waals surface area (Å²) in [4.78, 5) is 11.2. The van der Waals surface area contributed by atoms with Crippen molar-refractivity contribution >= 4 is 16.7 Å². The van der Waals surface area contributed by atoms with Crippen LogP contribution in [0.5, 0.6) is 0 Å². The molecule has 1 heterocycles. The van der Waals surface area contributed by atoms with Crippen LogP contribution in [0.3, 0.4) is 0 Å². The lowest BCUT2D eigenvalue weighted by Crippen LogP contribution is -2.43. The predicted octanol–water partition coefficient (Wildman–Crippen LogP) is 3.32. The van der Waals surface area contributed by atoms with E-state index in [0.717, 1.165) is 5.01 Å². The number of carbonyl (C=O) groups is 1. The zero-order valence-electron chi connectivity index (χ0n) is 11.3. The molecule has 0 saturated carbocycles. The average molecular weight is 312 g/mol. The zero-order valence-corrected chi connectivity index (χ0v) is 11.3. The molecule has 1 atom stereocenters. The highest BCUT2D eigenvalue weighted by atomic mass is 19.4. The third-order valence-electron chi connectivity index (χ3n) is 3.61. The minimum Gasteiger partial charge on any atom is -0.288 e. The van der Waals surface area contributed by atoms with Crippen molar-refractivity contribution in [3.63, 3.8) is 0 Å². The van der Waals surface area contributed by atoms with Crippen LogP contribution in [0.15, 0.2) is 36.4 Å². The molecule has 1 aliphatic rings. The molecule has 0 bridgehead atoms. The van der Waals surface area contributed by atoms with Gasteiger partial charge in [0, 0.05) is 13.0 Å². The number of carbonyl (C=O) groups excluding carboxylic acids is 1. The molecular weight excluding hydrogens is 300 g/mol. The average Bonchev–Trinajstić information content (AvgIpc) is 2.83. The largest absolute Gasteiger partial charge is 0.409 e. The molecule has 1 N–H and O–H groups in total. The Kier molecular flexibility index (Phi) is 3.52. The first-order valence-corrected chi connectivity index (χ1v) is 6.67. The molecule has 2 aromatic carbocycles. The van der Waals surface area contributed by atoms with Crippen LogP contribution in [-0.2, 0) is 4.79 Å². The molecule has 1 amide bonds. The highest BCUT2D eigenvalue weighted by Gasteiger charge is 2.46. The summed E-state index contributed by atoms with van der Waals surface area (Å²) >= 11 is 0. The Labute approximate surface area is 123 Å². The van der Waals surface area contributed by atoms with Crippen LogP contribution in [0.2, 0.25) is 0 Å². The normalized spacial score (nSPS) is 17.7. The number of amides is 1. The summed E-state index contributed by atoms with van der Waals surface area (Å²) in [7, 11) is 0. The van der Waals surface area contributed by atoms with Gasteiger partial charge >= 0.3 is 6.18 Å². The molecule has 1 fully saturated rings. The Hall–Kier alpha value is -2.15. The van der Waals surface area contributed by atoms with Gasteiger partial charge in [-0.15, -0.1) is 0 Å². The summed E-state index contributed by atoms with van der Waals surface area (Å²) < 4.78 is 53.5. The number of hydrazine groups is 1. The smallest absolute Gasteiger partial charge is 0.288 e. The fraction of sp³-hybridized carbons (Fsp3) is 0.267. The van der Waals surface area contributed by atoms with Gasteiger partial charge in [0.25, 0.3) is 0 Å². The third-order valence-corrected chi connectivity index (χ3v) is 3.61. The Bertz CT molecular complexity index is 729. The third kappa shape index (κ3) is 2.76. The van der Waals surface area contributed by atoms with Gasteiger partial charge in [0.1, 0.15) is 11.9 Å². The lowest BCUT2D eigenvalue weighted by Gasteiger charge is -2.29. The van der Waals surface area contributed by atoms with Crippen LogP contribution in [0.1, 0.15) is 18.0 Å². The molecule has 116 valence electrons. The molecule has 0 spiro atoms. The van der Waals surface area contributed by atoms with Crippen molar-refractivity contribution in [1.82, 2.24) is 10.4 Å². The van der Waals surface area contributed by atoms with Gasteiger partial charge in [0.15, 0.2) is 0 Å². The van der Waals surface area contributed by atoms with Crippen molar-refractivity contribution in [2.75, 3.05) is 6.54 Å². The van der Waals surface area contributed by atoms with Gasteiger partial charge in [0.05, 0.1) is 0 Å². The number of hydrogen-bond acceptors (Lipinski definition) is 2. The van der Waals surface area contributed by atoms with Crippen molar-refractivity contribution in [2.24, 2.45) is 0 Å². The van der Waals surface area contributed by atoms with Crippen molar-refractivity contribution in [3.05, 3.63) is 47.8 Å². The Morgan fingerprint density at radius 1 is 1.09 bits per heavy atom. The zero-order chi connectivity index (χ0) is 15.9. The first kappa shape index (κ1) is 14.8. The number of halogens is 4. The number of nitrogens with one attached hydrogen (secondary N) is 1. The first-order chi connectivity index (χ1) is 10.3. The van der Waals surface area contributed by atoms with Gasteiger partial charge in [-0.3, -0.25) is 10.2 Å². The van der Waals surface area contributed by atoms with Gasteiger partial charge in [-0.25, -0.2) is 9.40 Å². The van der Waals surface area contributed by atoms with E-state index in [4.69, 9.17) is 0 Å². The number of benzene rings is 2. The summed E-state index contributed by atoms with van der Waals surface area (Å²) in [5, 5.41) is 1.91. The summed E-state index contributed by atoms with van der Waals surface area (Å²) in [5.74, 6) is -0.955. The highest BCUT2D eigenvalue weighted by Crippen LogP contribution is 2.38. The van der Waals surface area contributed by atoms with Crippen molar-refractivity contribution in [1.29, 1.82) is 0 Å². The second-order valence-corrected chi connectivity index (χ2v) is 5.17. The first-order valence-electron chi connectivity index (χ1n) is 6.67. The molecule has 2 aromatic rings. The van der Waals surface area contributed by atoms with Gasteiger partial charge in [-0.05, 0) is 34.5 Å². The molecule has 0 aromatic heterocycles. The van der Waals surface area contributed by atoms with E-state index in [-0.39, 0.29) is 18.5 Å². The van der Waals surface area contributed by atoms with E-state index in [1.165, 1.54) is 36.4 Å². The summed E-state index contributed by atoms with van der Waals surface area (Å²) in [5.41, 5.74) is 2.18. The number of rotatable bonds is 2. The fourth-order valence-corrected chi connectivity index (χ4v) is 2.64. The van der Waals surface area contributed by atoms with Gasteiger partial charge in [-0.1, -0.05) is 18.2 Å². The number of nitrogens with zero attached hydrogens (tertiary/aromatic N) is 1. The van der Waals surface area contributed by atoms with Crippen LogP contribution in [0.4, 0.5) is 17.6 Å². The molecule has 22 heavy (non-hydrogen) atoms. The summed E-state index contributed by atoms with van der Waals surface area (Å²) in [6.45, 7) is -0.0236. The fourth-order valence-electron chi connectivity index (χ4n) is 2.64. The predicted molar refractivity (Wildman–Crippen MR) is 72.2 cm³/mol. The lowest BCUT2D eigenvalue weighted by atomic mass is 10.0. The molecule has 1 unspecified atom stereocenters. The van der Waals surface area contributed by atoms with Crippen molar-refractivity contribution in [3.8, 4) is 0 Å². The van der Waals surface area contributed by atoms with E-state index >= 15 is 0 Å². The SMILES string of the molecule is O=C1CCN(C(c2ccc3ccc(F)cc3c2)C(F)(F)F)N1. The number of fused-ring (bicyclic) bond motifs is 1. The topological polar surface area (TPSA) is 32.3 Å². The van der Waals surface area contributed by atoms with E-state index in [1.807, 2.05) is 0 Å². The number of hydrogen-bond donors (Lipinski definition) is 1. The van der Waals surface area contributed by atoms with Crippen LogP contribution >= 0.6 is 0 Å². The maximum absolute atomic E-state index is 13.4. The van der Waals surface area contributed by atoms with E-state index in [1.54, 1.807) is 0 Å². The molecule has 1 saturated heterocycles. The minimum atomic E-state index is -4.56. The Morgan fingerprint density at radius 2 is 1.82 bits per heavy atom. The number of alkyl halides is 3. The highest BCUT2D eigenvalue weighted by molar-refractivity contribution is 5.83. The maximum Gasteiger partial charge on any atom is 0.409 e. The second kappa shape index (κ2) is 5.24. The van der Waals surface area contributed by atoms with E-state index in [9.17, 15) is 22.4 Å². The minimum absolute atomic E-state index is 0.0226. The monoisotopic (exact) mass is 312 g/mol. The molecular formula is C15H12F4N2O. The Morgan fingerprint density at radius 3 is 2.45 bits per heavy atom. The van der Waals surface area contributed by atoms with E-state index in [0.29, 0.717) is 10.8 Å². The summed E-state index contributed by atoms with van der Waals surface area (Å²) in [6.07, 6.45) is -4.53. The van der Waals surface area contributed by atoms with E-state index in [2.05, 4.69) is 5.43 Å². The molecule has 3 rings (SSSR count). The second-order valence-electron chi connectivity index (χ2n) is 5.17. The molecule has 0 radical (unpaired) electrons. The molecule has 3 nitrogen and oxygen atoms in total. The van der Waals surface area contributed by atoms with Gasteiger partial charge in [-0.2, -0.15) is 13.2 Å². The summed E-state index contributed by atoms with van der Waals surface area (Å²) in [6, 6.07) is 6.17. The molecule has 0 aliphatic carbocycles. The molecule has 7 heteroatoms. The van der Waals surface area contributed by atoms with E-state index < -0.39 is 23.9 Å². The van der Waals surface area contributed by atoms with Crippen LogP contribution in [-0.4, -0.2) is 23.6 Å². The van der Waals surface area contributed by atoms with Crippen molar-refractivity contribution < 1.29 is 22.4 Å². The van der Waals surface area contributed by atoms with Crippen LogP contribution < -0.4 is 5.43 Å². The quantitative estimate of drug-likeness (QED) is 0.863. The maximum atomic E-state index is 13.4. The standard InChI is InChI=1S/C15H12F4N2O/c16-12-4-3-9-1-2-10(7-11(9)8-12)14(15(17,18)19)21-6-5-13(22)20-21/h1-4,7-8,14H,5-6H2,(H,20,22). The lowest BCUT2D eigenvalue weighted by molar-refractivity contribution is -0.191.